The van der Waals surface area contributed by atoms with Gasteiger partial charge in [-0.3, -0.25) is 18.3 Å². The van der Waals surface area contributed by atoms with E-state index in [-0.39, 0.29) is 45.1 Å². The van der Waals surface area contributed by atoms with Gasteiger partial charge >= 0.3 is 27.1 Å². The number of aromatic nitrogens is 8. The van der Waals surface area contributed by atoms with E-state index in [1.165, 1.54) is 72.6 Å². The Morgan fingerprint density at radius 2 is 1.16 bits per heavy atom. The maximum absolute atomic E-state index is 13.3. The zero-order valence-corrected chi connectivity index (χ0v) is 35.1. The fourth-order valence-electron chi connectivity index (χ4n) is 6.75. The number of ether oxygens (including phenoxy) is 6. The Morgan fingerprint density at radius 1 is 0.703 bits per heavy atom. The molecule has 0 amide bonds. The Labute approximate surface area is 360 Å². The molecule has 0 unspecified atom stereocenters. The number of benzene rings is 2. The van der Waals surface area contributed by atoms with Crippen LogP contribution >= 0.6 is 15.2 Å². The number of hydrogen-bond donors (Lipinski definition) is 8. The molecule has 2 aliphatic rings. The summed E-state index contributed by atoms with van der Waals surface area (Å²) in [5.41, 5.74) is 9.28. The number of hydrogen-bond acceptors (Lipinski definition) is 20. The Bertz CT molecular complexity index is 2740. The third kappa shape index (κ3) is 9.63. The molecule has 2 fully saturated rings. The van der Waals surface area contributed by atoms with Crippen LogP contribution in [0.4, 0.5) is 11.6 Å². The van der Waals surface area contributed by atoms with Gasteiger partial charge in [-0.15, -0.1) is 0 Å². The zero-order valence-electron chi connectivity index (χ0n) is 33.4. The molecule has 64 heavy (non-hydrogen) atoms. The molecule has 2 aromatic carbocycles. The summed E-state index contributed by atoms with van der Waals surface area (Å²) in [6.45, 7) is 2.73. The molecule has 0 saturated carbocycles. The number of anilines is 2. The predicted octanol–water partition coefficient (Wildman–Crippen LogP) is 0.784. The SMILES string of the molecule is C[C@@]1(O)[C@H](O)[C@@H](OCP(=O)(O)O)O[C@H]1n1cnc2c(N)ncnc21.C[C@@]1(OC(=O)c2ccccc2)[C@H](OC(=O)c2ccccc2)[C@@H](OCP(=O)(O)O)O[C@H]1n1cnc2c(N)ncnc21. The van der Waals surface area contributed by atoms with Crippen molar-refractivity contribution in [2.24, 2.45) is 0 Å². The van der Waals surface area contributed by atoms with Crippen molar-refractivity contribution in [2.75, 3.05) is 24.2 Å². The van der Waals surface area contributed by atoms with E-state index in [4.69, 9.17) is 49.7 Å². The Morgan fingerprint density at radius 3 is 1.66 bits per heavy atom. The van der Waals surface area contributed by atoms with Gasteiger partial charge in [0.1, 0.15) is 35.4 Å². The van der Waals surface area contributed by atoms with Crippen molar-refractivity contribution in [3.05, 3.63) is 97.1 Å². The second kappa shape index (κ2) is 18.0. The van der Waals surface area contributed by atoms with Gasteiger partial charge in [0.25, 0.3) is 0 Å². The minimum absolute atomic E-state index is 0.0751. The second-order valence-corrected chi connectivity index (χ2v) is 17.8. The third-order valence-corrected chi connectivity index (χ3v) is 10.8. The molecule has 4 aromatic heterocycles. The number of aliphatic hydroxyl groups excluding tert-OH is 1. The fraction of sp³-hybridized carbons (Fsp3) is 0.333. The Balaban J connectivity index is 0.000000217. The number of aliphatic hydroxyl groups is 2. The van der Waals surface area contributed by atoms with Crippen LogP contribution in [0.5, 0.6) is 0 Å². The van der Waals surface area contributed by atoms with Crippen LogP contribution in [0.2, 0.25) is 0 Å². The van der Waals surface area contributed by atoms with Gasteiger partial charge < -0.3 is 69.7 Å². The van der Waals surface area contributed by atoms with E-state index in [0.29, 0.717) is 0 Å². The van der Waals surface area contributed by atoms with Gasteiger partial charge in [0.05, 0.1) is 23.8 Å². The predicted molar refractivity (Wildman–Crippen MR) is 216 cm³/mol. The first-order chi connectivity index (χ1) is 30.2. The van der Waals surface area contributed by atoms with Crippen LogP contribution in [0, 0.1) is 0 Å². The molecule has 6 heterocycles. The van der Waals surface area contributed by atoms with Gasteiger partial charge in [0.2, 0.25) is 6.29 Å². The molecule has 2 aliphatic heterocycles. The number of esters is 2. The Hall–Kier alpha value is -5.86. The lowest BCUT2D eigenvalue weighted by Crippen LogP contribution is -2.50. The van der Waals surface area contributed by atoms with Gasteiger partial charge in [-0.1, -0.05) is 36.4 Å². The molecule has 6 aromatic rings. The number of carbonyl (C=O) groups is 2. The summed E-state index contributed by atoms with van der Waals surface area (Å²) in [6, 6.07) is 16.1. The van der Waals surface area contributed by atoms with Crippen molar-refractivity contribution in [1.29, 1.82) is 0 Å². The van der Waals surface area contributed by atoms with Crippen molar-refractivity contribution < 1.29 is 76.9 Å². The number of imidazole rings is 2. The number of carbonyl (C=O) groups excluding carboxylic acids is 2. The van der Waals surface area contributed by atoms with Gasteiger partial charge in [0, 0.05) is 0 Å². The summed E-state index contributed by atoms with van der Waals surface area (Å²) < 4.78 is 58.8. The monoisotopic (exact) mass is 930 g/mol. The second-order valence-electron chi connectivity index (χ2n) is 14.6. The first-order valence-electron chi connectivity index (χ1n) is 18.6. The molecule has 2 saturated heterocycles. The van der Waals surface area contributed by atoms with Crippen LogP contribution in [0.3, 0.4) is 0 Å². The van der Waals surface area contributed by atoms with Crippen molar-refractivity contribution in [3.8, 4) is 0 Å². The van der Waals surface area contributed by atoms with Crippen molar-refractivity contribution in [2.45, 2.75) is 62.3 Å². The quantitative estimate of drug-likeness (QED) is 0.0621. The third-order valence-electron chi connectivity index (χ3n) is 9.84. The normalized spacial score (nSPS) is 25.8. The van der Waals surface area contributed by atoms with Gasteiger partial charge in [-0.25, -0.2) is 39.5 Å². The summed E-state index contributed by atoms with van der Waals surface area (Å²) in [6.07, 6.45) is -5.60. The molecular weight excluding hydrogens is 890 g/mol. The molecule has 0 aliphatic carbocycles. The first-order valence-corrected chi connectivity index (χ1v) is 22.2. The van der Waals surface area contributed by atoms with Crippen LogP contribution < -0.4 is 11.5 Å². The maximum Gasteiger partial charge on any atom is 0.351 e. The molecule has 0 bridgehead atoms. The molecule has 28 heteroatoms. The molecule has 26 nitrogen and oxygen atoms in total. The van der Waals surface area contributed by atoms with Crippen molar-refractivity contribution in [3.63, 3.8) is 0 Å². The summed E-state index contributed by atoms with van der Waals surface area (Å²) in [5.74, 6) is -1.40. The first kappa shape index (κ1) is 46.1. The van der Waals surface area contributed by atoms with Gasteiger partial charge in [-0.2, -0.15) is 0 Å². The molecule has 10 N–H and O–H groups in total. The van der Waals surface area contributed by atoms with Crippen molar-refractivity contribution in [1.82, 2.24) is 39.0 Å². The average Bonchev–Trinajstić information content (AvgIpc) is 3.99. The Kier molecular flexibility index (Phi) is 12.9. The van der Waals surface area contributed by atoms with Crippen LogP contribution in [0.1, 0.15) is 47.0 Å². The van der Waals surface area contributed by atoms with Crippen LogP contribution in [0.15, 0.2) is 86.0 Å². The number of nitrogens with two attached hydrogens (primary N) is 2. The van der Waals surface area contributed by atoms with E-state index in [9.17, 15) is 38.7 Å². The van der Waals surface area contributed by atoms with E-state index in [0.717, 1.165) is 0 Å². The highest BCUT2D eigenvalue weighted by Crippen LogP contribution is 2.47. The lowest BCUT2D eigenvalue weighted by Gasteiger charge is -2.34. The van der Waals surface area contributed by atoms with Crippen molar-refractivity contribution >= 4 is 61.1 Å². The van der Waals surface area contributed by atoms with E-state index in [2.05, 4.69) is 29.9 Å². The number of fused-ring (bicyclic) bond motifs is 2. The van der Waals surface area contributed by atoms with E-state index in [1.54, 1.807) is 36.4 Å². The summed E-state index contributed by atoms with van der Waals surface area (Å²) in [5, 5.41) is 20.7. The highest BCUT2D eigenvalue weighted by molar-refractivity contribution is 7.51. The standard InChI is InChI=1S/C25H24N5O9P.C11H16N5O7P/c1-25(39-22(32)16-10-6-3-7-11-16)18(37-21(31)15-8-4-2-5-9-15)23(36-14-40(33,34)35)38-24(25)30-13-29-17-19(26)27-12-28-20(17)30;1-11(18)6(17)9(22-4-24(19,20)21)23-10(11)16-3-15-5-7(12)13-2-14-8(5)16/h2-13,18,23-24H,14H2,1H3,(H2,26,27,28)(H2,33,34,35);2-3,6,9-10,17-18H,4H2,1H3,(H2,12,13,14)(H2,19,20,21)/t18-,23+,24-,25-;6-,9+,10-,11-/m11/s1. The zero-order chi connectivity index (χ0) is 46.2. The highest BCUT2D eigenvalue weighted by atomic mass is 31.2. The van der Waals surface area contributed by atoms with Crippen LogP contribution in [0.25, 0.3) is 22.3 Å². The molecule has 8 atom stereocenters. The van der Waals surface area contributed by atoms with Gasteiger partial charge in [0.15, 0.2) is 66.1 Å². The number of rotatable bonds is 12. The van der Waals surface area contributed by atoms with E-state index < -0.39 is 88.3 Å². The topological polar surface area (TPSA) is 384 Å². The van der Waals surface area contributed by atoms with Crippen LogP contribution in [-0.4, -0.2) is 129 Å². The molecule has 340 valence electrons. The minimum Gasteiger partial charge on any atom is -0.449 e. The largest absolute Gasteiger partial charge is 0.449 e. The van der Waals surface area contributed by atoms with Crippen LogP contribution in [-0.2, 0) is 37.6 Å². The molecule has 8 rings (SSSR count). The van der Waals surface area contributed by atoms with E-state index >= 15 is 0 Å². The van der Waals surface area contributed by atoms with Gasteiger partial charge in [-0.05, 0) is 38.1 Å². The average molecular weight is 931 g/mol. The smallest absolute Gasteiger partial charge is 0.351 e. The van der Waals surface area contributed by atoms with E-state index in [1.807, 2.05) is 0 Å². The summed E-state index contributed by atoms with van der Waals surface area (Å²) >= 11 is 0. The number of nitrogens with zero attached hydrogens (tertiary/aromatic N) is 8. The fourth-order valence-corrected chi connectivity index (χ4v) is 7.43. The minimum atomic E-state index is -4.69. The summed E-state index contributed by atoms with van der Waals surface area (Å²) in [7, 11) is -9.15. The lowest BCUT2D eigenvalue weighted by molar-refractivity contribution is -0.168. The molecular formula is C36H40N10O16P2. The lowest BCUT2D eigenvalue weighted by atomic mass is 9.97. The summed E-state index contributed by atoms with van der Waals surface area (Å²) in [4.78, 5) is 87.3. The maximum atomic E-state index is 13.3. The molecule has 0 spiro atoms. The highest BCUT2D eigenvalue weighted by Gasteiger charge is 2.61. The molecule has 0 radical (unpaired) electrons. The number of nitrogen functional groups attached to an aromatic ring is 2.